The van der Waals surface area contributed by atoms with Crippen molar-refractivity contribution in [2.75, 3.05) is 12.3 Å². The van der Waals surface area contributed by atoms with Gasteiger partial charge in [-0.15, -0.1) is 0 Å². The minimum absolute atomic E-state index is 0.181. The third-order valence-electron chi connectivity index (χ3n) is 3.49. The second-order valence-electron chi connectivity index (χ2n) is 6.41. The SMILES string of the molecule is CC(C)(C)OC(=O)n1cccc1C1NCCc2[nH]c(N)nc21. The van der Waals surface area contributed by atoms with E-state index in [1.807, 2.05) is 32.9 Å². The Balaban J connectivity index is 1.94. The smallest absolute Gasteiger partial charge is 0.418 e. The molecule has 2 aromatic heterocycles. The van der Waals surface area contributed by atoms with E-state index in [4.69, 9.17) is 10.5 Å². The summed E-state index contributed by atoms with van der Waals surface area (Å²) in [6, 6.07) is 3.53. The van der Waals surface area contributed by atoms with E-state index in [-0.39, 0.29) is 6.04 Å². The van der Waals surface area contributed by atoms with Gasteiger partial charge in [0, 0.05) is 24.9 Å². The summed E-state index contributed by atoms with van der Waals surface area (Å²) in [5, 5.41) is 3.38. The van der Waals surface area contributed by atoms with Gasteiger partial charge in [-0.3, -0.25) is 4.57 Å². The number of H-pyrrole nitrogens is 1. The normalized spacial score (nSPS) is 18.0. The molecule has 0 aliphatic carbocycles. The molecule has 1 unspecified atom stereocenters. The fourth-order valence-corrected chi connectivity index (χ4v) is 2.66. The molecule has 1 atom stereocenters. The van der Waals surface area contributed by atoms with Gasteiger partial charge in [-0.2, -0.15) is 0 Å². The molecule has 118 valence electrons. The van der Waals surface area contributed by atoms with Crippen LogP contribution in [0.1, 0.15) is 43.9 Å². The van der Waals surface area contributed by atoms with E-state index in [0.29, 0.717) is 5.95 Å². The lowest BCUT2D eigenvalue weighted by Gasteiger charge is -2.25. The second kappa shape index (κ2) is 5.17. The van der Waals surface area contributed by atoms with E-state index >= 15 is 0 Å². The zero-order chi connectivity index (χ0) is 15.9. The lowest BCUT2D eigenvalue weighted by atomic mass is 10.0. The number of carbonyl (C=O) groups excluding carboxylic acids is 1. The van der Waals surface area contributed by atoms with Crippen molar-refractivity contribution in [3.63, 3.8) is 0 Å². The van der Waals surface area contributed by atoms with Crippen LogP contribution in [0.2, 0.25) is 0 Å². The highest BCUT2D eigenvalue weighted by atomic mass is 16.6. The van der Waals surface area contributed by atoms with Crippen LogP contribution in [0.15, 0.2) is 18.3 Å². The Morgan fingerprint density at radius 1 is 1.50 bits per heavy atom. The first-order valence-corrected chi connectivity index (χ1v) is 7.33. The fraction of sp³-hybridized carbons (Fsp3) is 0.467. The molecule has 0 fully saturated rings. The Bertz CT molecular complexity index is 695. The van der Waals surface area contributed by atoms with Gasteiger partial charge in [-0.25, -0.2) is 9.78 Å². The summed E-state index contributed by atoms with van der Waals surface area (Å²) in [5.41, 5.74) is 7.87. The average Bonchev–Trinajstić information content (AvgIpc) is 3.00. The predicted molar refractivity (Wildman–Crippen MR) is 82.6 cm³/mol. The molecular weight excluding hydrogens is 282 g/mol. The Hall–Kier alpha value is -2.28. The molecule has 0 aromatic carbocycles. The number of aromatic nitrogens is 3. The summed E-state index contributed by atoms with van der Waals surface area (Å²) < 4.78 is 6.97. The van der Waals surface area contributed by atoms with Gasteiger partial charge in [-0.1, -0.05) is 0 Å². The van der Waals surface area contributed by atoms with Gasteiger partial charge in [0.1, 0.15) is 5.60 Å². The number of imidazole rings is 1. The van der Waals surface area contributed by atoms with Crippen molar-refractivity contribution in [3.8, 4) is 0 Å². The van der Waals surface area contributed by atoms with Gasteiger partial charge >= 0.3 is 6.09 Å². The molecular formula is C15H21N5O2. The quantitative estimate of drug-likeness (QED) is 0.746. The van der Waals surface area contributed by atoms with Crippen LogP contribution in [0.3, 0.4) is 0 Å². The van der Waals surface area contributed by atoms with Crippen molar-refractivity contribution in [2.24, 2.45) is 0 Å². The van der Waals surface area contributed by atoms with E-state index in [0.717, 1.165) is 30.0 Å². The van der Waals surface area contributed by atoms with Gasteiger partial charge in [-0.05, 0) is 32.9 Å². The zero-order valence-corrected chi connectivity index (χ0v) is 13.0. The molecule has 0 spiro atoms. The molecule has 1 aliphatic heterocycles. The first-order chi connectivity index (χ1) is 10.3. The highest BCUT2D eigenvalue weighted by Crippen LogP contribution is 2.28. The molecule has 0 saturated carbocycles. The van der Waals surface area contributed by atoms with Crippen LogP contribution in [0, 0.1) is 0 Å². The minimum Gasteiger partial charge on any atom is -0.443 e. The maximum atomic E-state index is 12.4. The number of nitrogens with two attached hydrogens (primary N) is 1. The van der Waals surface area contributed by atoms with E-state index in [9.17, 15) is 4.79 Å². The number of hydrogen-bond donors (Lipinski definition) is 3. The number of carbonyl (C=O) groups is 1. The van der Waals surface area contributed by atoms with Gasteiger partial charge in [0.15, 0.2) is 5.95 Å². The second-order valence-corrected chi connectivity index (χ2v) is 6.41. The monoisotopic (exact) mass is 303 g/mol. The summed E-state index contributed by atoms with van der Waals surface area (Å²) in [6.07, 6.45) is 2.14. The third-order valence-corrected chi connectivity index (χ3v) is 3.49. The number of nitrogens with one attached hydrogen (secondary N) is 2. The van der Waals surface area contributed by atoms with Crippen LogP contribution in [0.4, 0.5) is 10.7 Å². The Morgan fingerprint density at radius 3 is 3.00 bits per heavy atom. The molecule has 0 saturated heterocycles. The largest absolute Gasteiger partial charge is 0.443 e. The Kier molecular flexibility index (Phi) is 3.44. The summed E-state index contributed by atoms with van der Waals surface area (Å²) in [6.45, 7) is 6.33. The Morgan fingerprint density at radius 2 is 2.27 bits per heavy atom. The van der Waals surface area contributed by atoms with Crippen molar-refractivity contribution in [2.45, 2.75) is 38.8 Å². The van der Waals surface area contributed by atoms with Crippen LogP contribution < -0.4 is 11.1 Å². The van der Waals surface area contributed by atoms with Crippen LogP contribution in [-0.4, -0.2) is 32.8 Å². The Labute approximate surface area is 128 Å². The molecule has 22 heavy (non-hydrogen) atoms. The number of rotatable bonds is 1. The molecule has 3 heterocycles. The molecule has 0 radical (unpaired) electrons. The number of hydrogen-bond acceptors (Lipinski definition) is 5. The molecule has 4 N–H and O–H groups in total. The standard InChI is InChI=1S/C15H21N5O2/c1-15(2,3)22-14(21)20-8-4-5-10(20)12-11-9(6-7-17-12)18-13(16)19-11/h4-5,8,12,17H,6-7H2,1-3H3,(H3,16,18,19). The number of nitrogen functional groups attached to an aromatic ring is 1. The average molecular weight is 303 g/mol. The molecule has 0 amide bonds. The van der Waals surface area contributed by atoms with Crippen LogP contribution in [-0.2, 0) is 11.2 Å². The van der Waals surface area contributed by atoms with Crippen molar-refractivity contribution in [1.82, 2.24) is 19.9 Å². The molecule has 7 heteroatoms. The van der Waals surface area contributed by atoms with Gasteiger partial charge < -0.3 is 20.8 Å². The van der Waals surface area contributed by atoms with Crippen molar-refractivity contribution >= 4 is 12.0 Å². The zero-order valence-electron chi connectivity index (χ0n) is 13.0. The summed E-state index contributed by atoms with van der Waals surface area (Å²) in [4.78, 5) is 19.8. The summed E-state index contributed by atoms with van der Waals surface area (Å²) in [5.74, 6) is 0.397. The highest BCUT2D eigenvalue weighted by Gasteiger charge is 2.29. The van der Waals surface area contributed by atoms with E-state index < -0.39 is 11.7 Å². The maximum Gasteiger partial charge on any atom is 0.418 e. The van der Waals surface area contributed by atoms with E-state index in [1.165, 1.54) is 4.57 Å². The van der Waals surface area contributed by atoms with Crippen LogP contribution in [0.5, 0.6) is 0 Å². The van der Waals surface area contributed by atoms with Crippen molar-refractivity contribution < 1.29 is 9.53 Å². The number of nitrogens with zero attached hydrogens (tertiary/aromatic N) is 2. The van der Waals surface area contributed by atoms with E-state index in [1.54, 1.807) is 6.20 Å². The van der Waals surface area contributed by atoms with Crippen molar-refractivity contribution in [1.29, 1.82) is 0 Å². The van der Waals surface area contributed by atoms with Crippen LogP contribution >= 0.6 is 0 Å². The lowest BCUT2D eigenvalue weighted by molar-refractivity contribution is 0.0531. The number of anilines is 1. The summed E-state index contributed by atoms with van der Waals surface area (Å²) in [7, 11) is 0. The first-order valence-electron chi connectivity index (χ1n) is 7.33. The number of ether oxygens (including phenoxy) is 1. The molecule has 2 aromatic rings. The number of fused-ring (bicyclic) bond motifs is 1. The first kappa shape index (κ1) is 14.6. The van der Waals surface area contributed by atoms with Crippen molar-refractivity contribution in [3.05, 3.63) is 35.4 Å². The van der Waals surface area contributed by atoms with Gasteiger partial charge in [0.2, 0.25) is 0 Å². The van der Waals surface area contributed by atoms with Gasteiger partial charge in [0.25, 0.3) is 0 Å². The molecule has 0 bridgehead atoms. The highest BCUT2D eigenvalue weighted by molar-refractivity contribution is 5.72. The van der Waals surface area contributed by atoms with Gasteiger partial charge in [0.05, 0.1) is 17.4 Å². The van der Waals surface area contributed by atoms with Crippen LogP contribution in [0.25, 0.3) is 0 Å². The third kappa shape index (κ3) is 2.71. The lowest BCUT2D eigenvalue weighted by Crippen LogP contribution is -2.34. The minimum atomic E-state index is -0.541. The maximum absolute atomic E-state index is 12.4. The molecule has 7 nitrogen and oxygen atoms in total. The van der Waals surface area contributed by atoms with E-state index in [2.05, 4.69) is 15.3 Å². The molecule has 1 aliphatic rings. The fourth-order valence-electron chi connectivity index (χ4n) is 2.66. The summed E-state index contributed by atoms with van der Waals surface area (Å²) >= 11 is 0. The predicted octanol–water partition coefficient (Wildman–Crippen LogP) is 1.81. The topological polar surface area (TPSA) is 98.0 Å². The molecule has 3 rings (SSSR count). The number of aromatic amines is 1.